The Bertz CT molecular complexity index is 596. The van der Waals surface area contributed by atoms with Crippen LogP contribution in [-0.4, -0.2) is 28.7 Å². The van der Waals surface area contributed by atoms with Crippen LogP contribution in [0.25, 0.3) is 0 Å². The van der Waals surface area contributed by atoms with Crippen molar-refractivity contribution in [3.8, 4) is 0 Å². The maximum absolute atomic E-state index is 12.4. The second kappa shape index (κ2) is 4.99. The van der Waals surface area contributed by atoms with E-state index in [1.165, 1.54) is 11.3 Å². The Morgan fingerprint density at radius 2 is 2.20 bits per heavy atom. The molecule has 6 nitrogen and oxygen atoms in total. The molecule has 1 saturated heterocycles. The summed E-state index contributed by atoms with van der Waals surface area (Å²) < 4.78 is 0. The topological polar surface area (TPSA) is 92.5 Å². The van der Waals surface area contributed by atoms with Crippen LogP contribution in [-0.2, 0) is 22.7 Å². The van der Waals surface area contributed by atoms with Crippen molar-refractivity contribution in [2.75, 3.05) is 0 Å². The molecule has 0 saturated carbocycles. The summed E-state index contributed by atoms with van der Waals surface area (Å²) in [6, 6.07) is 1.38. The number of hydrogen-bond donors (Lipinski definition) is 2. The van der Waals surface area contributed by atoms with Gasteiger partial charge in [0.05, 0.1) is 4.88 Å². The first kappa shape index (κ1) is 13.3. The molecule has 0 bridgehead atoms. The molecule has 2 aliphatic rings. The van der Waals surface area contributed by atoms with Crippen molar-refractivity contribution in [2.45, 2.75) is 38.4 Å². The predicted octanol–water partition coefficient (Wildman–Crippen LogP) is 0.358. The van der Waals surface area contributed by atoms with E-state index in [2.05, 4.69) is 5.32 Å². The molecule has 3 N–H and O–H groups in total. The summed E-state index contributed by atoms with van der Waals surface area (Å²) in [5.74, 6) is -0.751. The summed E-state index contributed by atoms with van der Waals surface area (Å²) in [5.41, 5.74) is 6.51. The van der Waals surface area contributed by atoms with Gasteiger partial charge in [-0.25, -0.2) is 0 Å². The molecule has 0 aliphatic carbocycles. The molecule has 1 fully saturated rings. The second-order valence-corrected chi connectivity index (χ2v) is 6.16. The third-order valence-corrected chi connectivity index (χ3v) is 4.87. The molecule has 0 spiro atoms. The Balaban J connectivity index is 1.82. The lowest BCUT2D eigenvalue weighted by atomic mass is 10.1. The number of nitrogens with two attached hydrogens (primary N) is 1. The van der Waals surface area contributed by atoms with Gasteiger partial charge in [-0.1, -0.05) is 0 Å². The molecule has 20 heavy (non-hydrogen) atoms. The van der Waals surface area contributed by atoms with E-state index in [-0.39, 0.29) is 17.7 Å². The van der Waals surface area contributed by atoms with Crippen LogP contribution in [0.1, 0.15) is 39.4 Å². The van der Waals surface area contributed by atoms with Gasteiger partial charge < -0.3 is 10.6 Å². The van der Waals surface area contributed by atoms with Gasteiger partial charge in [0.2, 0.25) is 11.8 Å². The number of nitrogens with one attached hydrogen (secondary N) is 1. The first-order chi connectivity index (χ1) is 9.60. The zero-order chi connectivity index (χ0) is 14.3. The molecule has 3 heterocycles. The van der Waals surface area contributed by atoms with E-state index >= 15 is 0 Å². The van der Waals surface area contributed by atoms with Gasteiger partial charge in [-0.05, 0) is 24.5 Å². The van der Waals surface area contributed by atoms with Gasteiger partial charge in [-0.15, -0.1) is 11.3 Å². The highest BCUT2D eigenvalue weighted by Gasteiger charge is 2.38. The number of thiophene rings is 1. The molecule has 0 aromatic carbocycles. The Labute approximate surface area is 119 Å². The van der Waals surface area contributed by atoms with E-state index in [4.69, 9.17) is 5.73 Å². The molecule has 3 rings (SSSR count). The Hall–Kier alpha value is -1.73. The lowest BCUT2D eigenvalue weighted by Crippen LogP contribution is -2.46. The van der Waals surface area contributed by atoms with Gasteiger partial charge in [0, 0.05) is 24.4 Å². The molecule has 1 aromatic rings. The largest absolute Gasteiger partial charge is 0.326 e. The highest BCUT2D eigenvalue weighted by molar-refractivity contribution is 7.14. The quantitative estimate of drug-likeness (QED) is 0.770. The minimum Gasteiger partial charge on any atom is -0.326 e. The first-order valence-corrected chi connectivity index (χ1v) is 7.38. The van der Waals surface area contributed by atoms with Crippen LogP contribution in [0.2, 0.25) is 0 Å². The van der Waals surface area contributed by atoms with Crippen LogP contribution in [0, 0.1) is 0 Å². The summed E-state index contributed by atoms with van der Waals surface area (Å²) >= 11 is 1.39. The number of imide groups is 1. The fraction of sp³-hybridized carbons (Fsp3) is 0.462. The highest BCUT2D eigenvalue weighted by Crippen LogP contribution is 2.33. The van der Waals surface area contributed by atoms with Gasteiger partial charge in [0.1, 0.15) is 6.04 Å². The summed E-state index contributed by atoms with van der Waals surface area (Å²) in [7, 11) is 0. The van der Waals surface area contributed by atoms with E-state index in [1.807, 2.05) is 6.07 Å². The lowest BCUT2D eigenvalue weighted by molar-refractivity contribution is -0.132. The van der Waals surface area contributed by atoms with Crippen molar-refractivity contribution in [1.82, 2.24) is 10.2 Å². The summed E-state index contributed by atoms with van der Waals surface area (Å²) in [4.78, 5) is 39.0. The van der Waals surface area contributed by atoms with Gasteiger partial charge >= 0.3 is 0 Å². The fourth-order valence-electron chi connectivity index (χ4n) is 2.69. The number of carbonyl (C=O) groups is 3. The minimum absolute atomic E-state index is 0.126. The average Bonchev–Trinajstić information content (AvgIpc) is 2.89. The van der Waals surface area contributed by atoms with Crippen LogP contribution in [0.4, 0.5) is 0 Å². The van der Waals surface area contributed by atoms with Crippen LogP contribution < -0.4 is 11.1 Å². The maximum Gasteiger partial charge on any atom is 0.265 e. The second-order valence-electron chi connectivity index (χ2n) is 5.02. The van der Waals surface area contributed by atoms with Gasteiger partial charge in [0.15, 0.2) is 0 Å². The SMILES string of the molecule is NCc1cc2c(s1)C(=O)N(C1CCCC(=O)NC1=O)C2. The molecule has 1 atom stereocenters. The first-order valence-electron chi connectivity index (χ1n) is 6.56. The van der Waals surface area contributed by atoms with E-state index in [0.717, 1.165) is 10.4 Å². The third kappa shape index (κ3) is 2.12. The molecular formula is C13H15N3O3S. The van der Waals surface area contributed by atoms with Crippen LogP contribution in [0.3, 0.4) is 0 Å². The van der Waals surface area contributed by atoms with E-state index < -0.39 is 6.04 Å². The number of carbonyl (C=O) groups excluding carboxylic acids is 3. The monoisotopic (exact) mass is 293 g/mol. The number of amides is 3. The molecule has 1 aromatic heterocycles. The summed E-state index contributed by atoms with van der Waals surface area (Å²) in [6.07, 6.45) is 1.49. The third-order valence-electron chi connectivity index (χ3n) is 3.68. The highest BCUT2D eigenvalue weighted by atomic mass is 32.1. The van der Waals surface area contributed by atoms with Crippen LogP contribution in [0.5, 0.6) is 0 Å². The standard InChI is InChI=1S/C13H15N3O3S/c14-5-8-4-7-6-16(13(19)11(7)20-8)9-2-1-3-10(17)15-12(9)18/h4,9H,1-3,5-6,14H2,(H,15,17,18). The molecule has 0 radical (unpaired) electrons. The summed E-state index contributed by atoms with van der Waals surface area (Å²) in [5, 5.41) is 2.34. The zero-order valence-corrected chi connectivity index (χ0v) is 11.7. The number of fused-ring (bicyclic) bond motifs is 1. The van der Waals surface area contributed by atoms with Crippen molar-refractivity contribution in [3.63, 3.8) is 0 Å². The Morgan fingerprint density at radius 1 is 1.40 bits per heavy atom. The van der Waals surface area contributed by atoms with Gasteiger partial charge in [-0.3, -0.25) is 19.7 Å². The molecular weight excluding hydrogens is 278 g/mol. The molecule has 106 valence electrons. The van der Waals surface area contributed by atoms with E-state index in [9.17, 15) is 14.4 Å². The van der Waals surface area contributed by atoms with Crippen molar-refractivity contribution < 1.29 is 14.4 Å². The van der Waals surface area contributed by atoms with Crippen LogP contribution >= 0.6 is 11.3 Å². The van der Waals surface area contributed by atoms with Gasteiger partial charge in [-0.2, -0.15) is 0 Å². The lowest BCUT2D eigenvalue weighted by Gasteiger charge is -2.24. The van der Waals surface area contributed by atoms with Crippen molar-refractivity contribution in [3.05, 3.63) is 21.4 Å². The van der Waals surface area contributed by atoms with E-state index in [0.29, 0.717) is 37.2 Å². The Morgan fingerprint density at radius 3 is 2.90 bits per heavy atom. The van der Waals surface area contributed by atoms with Crippen molar-refractivity contribution >= 4 is 29.1 Å². The molecule has 3 amide bonds. The summed E-state index contributed by atoms with van der Waals surface area (Å²) in [6.45, 7) is 0.848. The predicted molar refractivity (Wildman–Crippen MR) is 72.9 cm³/mol. The zero-order valence-electron chi connectivity index (χ0n) is 10.8. The fourth-order valence-corrected chi connectivity index (χ4v) is 3.70. The minimum atomic E-state index is -0.546. The molecule has 7 heteroatoms. The smallest absolute Gasteiger partial charge is 0.265 e. The van der Waals surface area contributed by atoms with E-state index in [1.54, 1.807) is 4.90 Å². The normalized spacial score (nSPS) is 22.8. The van der Waals surface area contributed by atoms with Crippen LogP contribution in [0.15, 0.2) is 6.07 Å². The van der Waals surface area contributed by atoms with Crippen molar-refractivity contribution in [1.29, 1.82) is 0 Å². The Kier molecular flexibility index (Phi) is 3.31. The number of rotatable bonds is 2. The maximum atomic E-state index is 12.4. The van der Waals surface area contributed by atoms with Crippen molar-refractivity contribution in [2.24, 2.45) is 5.73 Å². The van der Waals surface area contributed by atoms with Gasteiger partial charge in [0.25, 0.3) is 5.91 Å². The average molecular weight is 293 g/mol. The number of hydrogen-bond acceptors (Lipinski definition) is 5. The molecule has 2 aliphatic heterocycles. The number of nitrogens with zero attached hydrogens (tertiary/aromatic N) is 1. The molecule has 1 unspecified atom stereocenters.